The van der Waals surface area contributed by atoms with E-state index in [1.54, 1.807) is 60.9 Å². The Morgan fingerprint density at radius 3 is 2.67 bits per heavy atom. The van der Waals surface area contributed by atoms with Gasteiger partial charge >= 0.3 is 0 Å². The normalized spacial score (nSPS) is 10.9. The Hall–Kier alpha value is -4.59. The second-order valence-corrected chi connectivity index (χ2v) is 7.50. The molecule has 2 N–H and O–H groups in total. The number of amides is 1. The van der Waals surface area contributed by atoms with E-state index in [1.807, 2.05) is 6.07 Å². The summed E-state index contributed by atoms with van der Waals surface area (Å²) in [4.78, 5) is 30.3. The molecule has 162 valence electrons. The number of hydrogen-bond acceptors (Lipinski definition) is 4. The Morgan fingerprint density at radius 2 is 1.88 bits per heavy atom. The van der Waals surface area contributed by atoms with Gasteiger partial charge in [0, 0.05) is 23.9 Å². The molecule has 0 fully saturated rings. The summed E-state index contributed by atoms with van der Waals surface area (Å²) in [6, 6.07) is 18.1. The number of nitrogens with zero attached hydrogens (tertiary/aromatic N) is 3. The van der Waals surface area contributed by atoms with Crippen LogP contribution in [-0.4, -0.2) is 25.7 Å². The summed E-state index contributed by atoms with van der Waals surface area (Å²) in [7, 11) is 0. The molecule has 2 aromatic heterocycles. The standard InChI is InChI=1S/C25H18FN5O2/c26-20-7-4-16(5-8-20)12-27-24(32)18-2-1-3-21(10-18)31-15-28-23-9-6-17(11-22(23)25(31)33)19-13-29-30-14-19/h1-11,13-15H,12H2,(H,27,32)(H,29,30). The van der Waals surface area contributed by atoms with Crippen LogP contribution in [0, 0.1) is 5.82 Å². The van der Waals surface area contributed by atoms with Gasteiger partial charge in [-0.2, -0.15) is 5.10 Å². The number of hydrogen-bond donors (Lipinski definition) is 2. The van der Waals surface area contributed by atoms with Gasteiger partial charge in [-0.15, -0.1) is 0 Å². The predicted octanol–water partition coefficient (Wildman–Crippen LogP) is 3.84. The molecule has 2 heterocycles. The number of benzene rings is 3. The molecule has 0 bridgehead atoms. The van der Waals surface area contributed by atoms with E-state index < -0.39 is 0 Å². The Bertz CT molecular complexity index is 1510. The Kier molecular flexibility index (Phi) is 5.24. The van der Waals surface area contributed by atoms with Crippen LogP contribution < -0.4 is 10.9 Å². The minimum absolute atomic E-state index is 0.241. The van der Waals surface area contributed by atoms with E-state index in [-0.39, 0.29) is 23.8 Å². The molecular formula is C25H18FN5O2. The first-order chi connectivity index (χ1) is 16.1. The molecule has 0 spiro atoms. The van der Waals surface area contributed by atoms with Crippen molar-refractivity contribution in [2.75, 3.05) is 0 Å². The number of rotatable bonds is 5. The minimum atomic E-state index is -0.330. The Morgan fingerprint density at radius 1 is 1.03 bits per heavy atom. The van der Waals surface area contributed by atoms with Crippen molar-refractivity contribution in [2.45, 2.75) is 6.54 Å². The molecule has 5 aromatic rings. The van der Waals surface area contributed by atoms with Gasteiger partial charge in [0.15, 0.2) is 0 Å². The van der Waals surface area contributed by atoms with Gasteiger partial charge in [-0.3, -0.25) is 19.3 Å². The van der Waals surface area contributed by atoms with Gasteiger partial charge in [-0.25, -0.2) is 9.37 Å². The van der Waals surface area contributed by atoms with E-state index in [0.29, 0.717) is 22.2 Å². The van der Waals surface area contributed by atoms with Gasteiger partial charge in [0.25, 0.3) is 11.5 Å². The van der Waals surface area contributed by atoms with E-state index in [1.165, 1.54) is 23.0 Å². The van der Waals surface area contributed by atoms with Crippen LogP contribution in [0.25, 0.3) is 27.7 Å². The number of nitrogens with one attached hydrogen (secondary N) is 2. The zero-order valence-electron chi connectivity index (χ0n) is 17.3. The van der Waals surface area contributed by atoms with Gasteiger partial charge < -0.3 is 5.32 Å². The number of halogens is 1. The molecule has 3 aromatic carbocycles. The topological polar surface area (TPSA) is 92.7 Å². The lowest BCUT2D eigenvalue weighted by Gasteiger charge is -2.10. The molecule has 5 rings (SSSR count). The van der Waals surface area contributed by atoms with Crippen LogP contribution in [0.2, 0.25) is 0 Å². The Balaban J connectivity index is 1.44. The van der Waals surface area contributed by atoms with Crippen molar-refractivity contribution in [2.24, 2.45) is 0 Å². The third kappa shape index (κ3) is 4.14. The highest BCUT2D eigenvalue weighted by Gasteiger charge is 2.11. The van der Waals surface area contributed by atoms with E-state index >= 15 is 0 Å². The second kappa shape index (κ2) is 8.51. The predicted molar refractivity (Wildman–Crippen MR) is 122 cm³/mol. The van der Waals surface area contributed by atoms with E-state index in [2.05, 4.69) is 20.5 Å². The summed E-state index contributed by atoms with van der Waals surface area (Å²) < 4.78 is 14.5. The number of aromatic amines is 1. The smallest absolute Gasteiger partial charge is 0.265 e. The van der Waals surface area contributed by atoms with Crippen LogP contribution in [-0.2, 0) is 6.54 Å². The van der Waals surface area contributed by atoms with Crippen LogP contribution in [0.5, 0.6) is 0 Å². The first-order valence-corrected chi connectivity index (χ1v) is 10.2. The van der Waals surface area contributed by atoms with Crippen molar-refractivity contribution < 1.29 is 9.18 Å². The fourth-order valence-corrected chi connectivity index (χ4v) is 3.58. The maximum Gasteiger partial charge on any atom is 0.265 e. The molecule has 0 radical (unpaired) electrons. The first-order valence-electron chi connectivity index (χ1n) is 10.2. The number of H-pyrrole nitrogens is 1. The lowest BCUT2D eigenvalue weighted by molar-refractivity contribution is 0.0951. The molecule has 0 atom stereocenters. The van der Waals surface area contributed by atoms with Crippen molar-refractivity contribution >= 4 is 16.8 Å². The fraction of sp³-hybridized carbons (Fsp3) is 0.0400. The molecule has 0 saturated carbocycles. The molecule has 8 heteroatoms. The van der Waals surface area contributed by atoms with Crippen LogP contribution in [0.1, 0.15) is 15.9 Å². The molecule has 33 heavy (non-hydrogen) atoms. The summed E-state index contributed by atoms with van der Waals surface area (Å²) in [5, 5.41) is 9.98. The second-order valence-electron chi connectivity index (χ2n) is 7.50. The SMILES string of the molecule is O=C(NCc1ccc(F)cc1)c1cccc(-n2cnc3ccc(-c4cn[nH]c4)cc3c2=O)c1. The lowest BCUT2D eigenvalue weighted by atomic mass is 10.1. The summed E-state index contributed by atoms with van der Waals surface area (Å²) >= 11 is 0. The first kappa shape index (κ1) is 20.3. The maximum absolute atomic E-state index is 13.2. The van der Waals surface area contributed by atoms with Crippen molar-refractivity contribution in [1.82, 2.24) is 25.1 Å². The number of aromatic nitrogens is 4. The van der Waals surface area contributed by atoms with Crippen LogP contribution in [0.3, 0.4) is 0 Å². The summed E-state index contributed by atoms with van der Waals surface area (Å²) in [5.41, 5.74) is 3.76. The van der Waals surface area contributed by atoms with E-state index in [0.717, 1.165) is 16.7 Å². The zero-order valence-corrected chi connectivity index (χ0v) is 17.3. The summed E-state index contributed by atoms with van der Waals surface area (Å²) in [6.45, 7) is 0.262. The van der Waals surface area contributed by atoms with Crippen LogP contribution in [0.15, 0.2) is 90.2 Å². The fourth-order valence-electron chi connectivity index (χ4n) is 3.58. The van der Waals surface area contributed by atoms with Crippen LogP contribution in [0.4, 0.5) is 4.39 Å². The van der Waals surface area contributed by atoms with Crippen molar-refractivity contribution in [1.29, 1.82) is 0 Å². The van der Waals surface area contributed by atoms with Crippen LogP contribution >= 0.6 is 0 Å². The zero-order chi connectivity index (χ0) is 22.8. The molecule has 0 saturated heterocycles. The quantitative estimate of drug-likeness (QED) is 0.435. The highest BCUT2D eigenvalue weighted by Crippen LogP contribution is 2.21. The molecule has 0 aliphatic carbocycles. The van der Waals surface area contributed by atoms with Crippen molar-refractivity contribution in [3.05, 3.63) is 113 Å². The number of carbonyl (C=O) groups is 1. The highest BCUT2D eigenvalue weighted by molar-refractivity contribution is 5.94. The van der Waals surface area contributed by atoms with E-state index in [4.69, 9.17) is 0 Å². The van der Waals surface area contributed by atoms with Crippen molar-refractivity contribution in [3.8, 4) is 16.8 Å². The molecule has 0 unspecified atom stereocenters. The lowest BCUT2D eigenvalue weighted by Crippen LogP contribution is -2.23. The highest BCUT2D eigenvalue weighted by atomic mass is 19.1. The van der Waals surface area contributed by atoms with Gasteiger partial charge in [0.2, 0.25) is 0 Å². The van der Waals surface area contributed by atoms with Gasteiger partial charge in [-0.05, 0) is 53.6 Å². The summed E-state index contributed by atoms with van der Waals surface area (Å²) in [5.74, 6) is -0.630. The van der Waals surface area contributed by atoms with Gasteiger partial charge in [0.05, 0.1) is 22.8 Å². The molecule has 1 amide bonds. The molecule has 0 aliphatic rings. The van der Waals surface area contributed by atoms with Gasteiger partial charge in [-0.1, -0.05) is 24.3 Å². The Labute approximate surface area is 187 Å². The monoisotopic (exact) mass is 439 g/mol. The minimum Gasteiger partial charge on any atom is -0.348 e. The molecular weight excluding hydrogens is 421 g/mol. The largest absolute Gasteiger partial charge is 0.348 e. The van der Waals surface area contributed by atoms with Crippen molar-refractivity contribution in [3.63, 3.8) is 0 Å². The maximum atomic E-state index is 13.2. The molecule has 0 aliphatic heterocycles. The van der Waals surface area contributed by atoms with E-state index in [9.17, 15) is 14.0 Å². The number of fused-ring (bicyclic) bond motifs is 1. The molecule has 7 nitrogen and oxygen atoms in total. The number of carbonyl (C=O) groups excluding carboxylic acids is 1. The van der Waals surface area contributed by atoms with Gasteiger partial charge in [0.1, 0.15) is 12.1 Å². The third-order valence-corrected chi connectivity index (χ3v) is 5.34. The average Bonchev–Trinajstić information content (AvgIpc) is 3.39. The third-order valence-electron chi connectivity index (χ3n) is 5.34. The average molecular weight is 439 g/mol. The summed E-state index contributed by atoms with van der Waals surface area (Å²) in [6.07, 6.45) is 4.89.